The number of halogens is 2. The summed E-state index contributed by atoms with van der Waals surface area (Å²) < 4.78 is 24.6. The molecule has 1 heterocycles. The van der Waals surface area contributed by atoms with Gasteiger partial charge in [0, 0.05) is 18.2 Å². The third kappa shape index (κ3) is 3.41. The summed E-state index contributed by atoms with van der Waals surface area (Å²) in [6, 6.07) is 7.20. The van der Waals surface area contributed by atoms with E-state index in [2.05, 4.69) is 21.2 Å². The maximum atomic E-state index is 13.1. The second kappa shape index (κ2) is 5.97. The van der Waals surface area contributed by atoms with Crippen LogP contribution in [0.1, 0.15) is 24.2 Å². The quantitative estimate of drug-likeness (QED) is 0.863. The van der Waals surface area contributed by atoms with Crippen molar-refractivity contribution < 1.29 is 13.5 Å². The molecule has 0 aliphatic heterocycles. The van der Waals surface area contributed by atoms with Crippen LogP contribution in [0, 0.1) is 5.82 Å². The normalized spacial score (nSPS) is 14.5. The molecule has 0 radical (unpaired) electrons. The molecule has 1 fully saturated rings. The van der Waals surface area contributed by atoms with E-state index >= 15 is 0 Å². The number of nitrogens with one attached hydrogen (secondary N) is 1. The predicted octanol–water partition coefficient (Wildman–Crippen LogP) is 4.01. The minimum Gasteiger partial charge on any atom is -0.486 e. The van der Waals surface area contributed by atoms with Gasteiger partial charge in [-0.3, -0.25) is 0 Å². The first-order chi connectivity index (χ1) is 9.72. The summed E-state index contributed by atoms with van der Waals surface area (Å²) in [5.74, 6) is 1.11. The molecule has 106 valence electrons. The van der Waals surface area contributed by atoms with Gasteiger partial charge in [-0.15, -0.1) is 0 Å². The molecule has 3 rings (SSSR count). The summed E-state index contributed by atoms with van der Waals surface area (Å²) in [5, 5.41) is 3.44. The molecule has 0 amide bonds. The second-order valence-electron chi connectivity index (χ2n) is 4.89. The maximum absolute atomic E-state index is 13.1. The van der Waals surface area contributed by atoms with Crippen LogP contribution in [0.5, 0.6) is 5.75 Å². The Hall–Kier alpha value is -1.33. The van der Waals surface area contributed by atoms with Crippen LogP contribution in [0.2, 0.25) is 0 Å². The van der Waals surface area contributed by atoms with Crippen molar-refractivity contribution in [2.45, 2.75) is 32.0 Å². The van der Waals surface area contributed by atoms with Gasteiger partial charge in [0.25, 0.3) is 0 Å². The van der Waals surface area contributed by atoms with E-state index < -0.39 is 0 Å². The van der Waals surface area contributed by atoms with E-state index in [9.17, 15) is 4.39 Å². The Morgan fingerprint density at radius 2 is 2.20 bits per heavy atom. The van der Waals surface area contributed by atoms with Crippen molar-refractivity contribution in [2.24, 2.45) is 0 Å². The lowest BCUT2D eigenvalue weighted by Crippen LogP contribution is -2.16. The number of rotatable bonds is 6. The summed E-state index contributed by atoms with van der Waals surface area (Å²) in [6.07, 6.45) is 4.18. The first-order valence-corrected chi connectivity index (χ1v) is 7.38. The van der Waals surface area contributed by atoms with Crippen LogP contribution < -0.4 is 10.1 Å². The van der Waals surface area contributed by atoms with E-state index in [0.29, 0.717) is 22.9 Å². The Bertz CT molecular complexity index is 595. The minimum absolute atomic E-state index is 0.301. The van der Waals surface area contributed by atoms with E-state index in [1.165, 1.54) is 18.9 Å². The van der Waals surface area contributed by atoms with Crippen LogP contribution in [-0.2, 0) is 13.2 Å². The number of ether oxygens (including phenoxy) is 1. The van der Waals surface area contributed by atoms with E-state index in [1.807, 2.05) is 6.07 Å². The van der Waals surface area contributed by atoms with Crippen molar-refractivity contribution in [1.29, 1.82) is 0 Å². The third-order valence-electron chi connectivity index (χ3n) is 3.26. The first-order valence-electron chi connectivity index (χ1n) is 6.59. The lowest BCUT2D eigenvalue weighted by atomic mass is 10.2. The predicted molar refractivity (Wildman–Crippen MR) is 77.0 cm³/mol. The third-order valence-corrected chi connectivity index (χ3v) is 3.86. The second-order valence-corrected chi connectivity index (χ2v) is 5.74. The molecule has 1 aliphatic carbocycles. The van der Waals surface area contributed by atoms with Gasteiger partial charge < -0.3 is 14.5 Å². The fourth-order valence-electron chi connectivity index (χ4n) is 1.91. The van der Waals surface area contributed by atoms with Crippen LogP contribution in [0.3, 0.4) is 0 Å². The molecular weight excluding hydrogens is 325 g/mol. The van der Waals surface area contributed by atoms with Crippen LogP contribution in [-0.4, -0.2) is 6.04 Å². The van der Waals surface area contributed by atoms with Crippen LogP contribution in [0.4, 0.5) is 4.39 Å². The first kappa shape index (κ1) is 13.6. The van der Waals surface area contributed by atoms with Crippen molar-refractivity contribution in [3.63, 3.8) is 0 Å². The Balaban J connectivity index is 1.59. The molecular formula is C15H15BrFNO2. The molecule has 0 bridgehead atoms. The van der Waals surface area contributed by atoms with Gasteiger partial charge in [-0.05, 0) is 53.0 Å². The average molecular weight is 340 g/mol. The highest BCUT2D eigenvalue weighted by Gasteiger charge is 2.21. The molecule has 0 spiro atoms. The van der Waals surface area contributed by atoms with Crippen molar-refractivity contribution in [2.75, 3.05) is 0 Å². The highest BCUT2D eigenvalue weighted by atomic mass is 79.9. The highest BCUT2D eigenvalue weighted by Crippen LogP contribution is 2.24. The zero-order valence-corrected chi connectivity index (χ0v) is 12.5. The van der Waals surface area contributed by atoms with E-state index in [1.54, 1.807) is 18.4 Å². The van der Waals surface area contributed by atoms with Gasteiger partial charge in [-0.1, -0.05) is 0 Å². The van der Waals surface area contributed by atoms with Crippen LogP contribution >= 0.6 is 15.9 Å². The SMILES string of the molecule is Fc1ccc(OCc2occc2CNC2CC2)cc1Br. The molecule has 20 heavy (non-hydrogen) atoms. The maximum Gasteiger partial charge on any atom is 0.146 e. The molecule has 1 saturated carbocycles. The molecule has 0 atom stereocenters. The van der Waals surface area contributed by atoms with Crippen molar-refractivity contribution in [3.8, 4) is 5.75 Å². The summed E-state index contributed by atoms with van der Waals surface area (Å²) in [6.45, 7) is 1.14. The summed E-state index contributed by atoms with van der Waals surface area (Å²) in [7, 11) is 0. The summed E-state index contributed by atoms with van der Waals surface area (Å²) >= 11 is 3.14. The highest BCUT2D eigenvalue weighted by molar-refractivity contribution is 9.10. The van der Waals surface area contributed by atoms with Crippen LogP contribution in [0.25, 0.3) is 0 Å². The molecule has 1 N–H and O–H groups in total. The van der Waals surface area contributed by atoms with Gasteiger partial charge >= 0.3 is 0 Å². The smallest absolute Gasteiger partial charge is 0.146 e. The number of hydrogen-bond donors (Lipinski definition) is 1. The largest absolute Gasteiger partial charge is 0.486 e. The number of benzene rings is 1. The molecule has 1 aromatic carbocycles. The number of hydrogen-bond acceptors (Lipinski definition) is 3. The Morgan fingerprint density at radius 1 is 1.35 bits per heavy atom. The van der Waals surface area contributed by atoms with Crippen molar-refractivity contribution in [3.05, 3.63) is 52.1 Å². The fourth-order valence-corrected chi connectivity index (χ4v) is 2.27. The van der Waals surface area contributed by atoms with Gasteiger partial charge in [-0.2, -0.15) is 0 Å². The minimum atomic E-state index is -0.301. The topological polar surface area (TPSA) is 34.4 Å². The van der Waals surface area contributed by atoms with Crippen LogP contribution in [0.15, 0.2) is 39.4 Å². The molecule has 0 saturated heterocycles. The average Bonchev–Trinajstić information content (AvgIpc) is 3.16. The lowest BCUT2D eigenvalue weighted by molar-refractivity contribution is 0.267. The molecule has 2 aromatic rings. The van der Waals surface area contributed by atoms with E-state index in [-0.39, 0.29) is 5.82 Å². The molecule has 1 aromatic heterocycles. The molecule has 1 aliphatic rings. The zero-order chi connectivity index (χ0) is 13.9. The summed E-state index contributed by atoms with van der Waals surface area (Å²) in [5.41, 5.74) is 1.11. The number of furan rings is 1. The van der Waals surface area contributed by atoms with Gasteiger partial charge in [0.2, 0.25) is 0 Å². The Labute approximate surface area is 125 Å². The van der Waals surface area contributed by atoms with Gasteiger partial charge in [0.1, 0.15) is 23.9 Å². The van der Waals surface area contributed by atoms with Gasteiger partial charge in [-0.25, -0.2) is 4.39 Å². The standard InChI is InChI=1S/C15H15BrFNO2/c16-13-7-12(3-4-14(13)17)20-9-15-10(5-6-19-15)8-18-11-1-2-11/h3-7,11,18H,1-2,8-9H2. The zero-order valence-electron chi connectivity index (χ0n) is 10.9. The Morgan fingerprint density at radius 3 is 2.95 bits per heavy atom. The van der Waals surface area contributed by atoms with Gasteiger partial charge in [0.15, 0.2) is 0 Å². The lowest BCUT2D eigenvalue weighted by Gasteiger charge is -2.07. The Kier molecular flexibility index (Phi) is 4.08. The van der Waals surface area contributed by atoms with E-state index in [4.69, 9.17) is 9.15 Å². The van der Waals surface area contributed by atoms with Gasteiger partial charge in [0.05, 0.1) is 10.7 Å². The van der Waals surface area contributed by atoms with Crippen molar-refractivity contribution >= 4 is 15.9 Å². The molecule has 0 unspecified atom stereocenters. The molecule has 3 nitrogen and oxygen atoms in total. The monoisotopic (exact) mass is 339 g/mol. The fraction of sp³-hybridized carbons (Fsp3) is 0.333. The summed E-state index contributed by atoms with van der Waals surface area (Å²) in [4.78, 5) is 0. The molecule has 5 heteroatoms. The van der Waals surface area contributed by atoms with Crippen molar-refractivity contribution in [1.82, 2.24) is 5.32 Å². The van der Waals surface area contributed by atoms with E-state index in [0.717, 1.165) is 17.9 Å².